The Morgan fingerprint density at radius 2 is 1.71 bits per heavy atom. The first-order valence-corrected chi connectivity index (χ1v) is 7.49. The van der Waals surface area contributed by atoms with Crippen LogP contribution in [0.15, 0.2) is 42.5 Å². The first kappa shape index (κ1) is 15.7. The van der Waals surface area contributed by atoms with Crippen LogP contribution >= 0.6 is 11.6 Å². The molecular formula is C18H21ClO2. The van der Waals surface area contributed by atoms with Crippen LogP contribution in [0.25, 0.3) is 0 Å². The highest BCUT2D eigenvalue weighted by Gasteiger charge is 2.13. The summed E-state index contributed by atoms with van der Waals surface area (Å²) in [6, 6.07) is 14.2. The molecule has 0 fully saturated rings. The van der Waals surface area contributed by atoms with Crippen LogP contribution in [0.4, 0.5) is 0 Å². The molecule has 1 unspecified atom stereocenters. The molecule has 2 nitrogen and oxygen atoms in total. The molecule has 3 heteroatoms. The van der Waals surface area contributed by atoms with Gasteiger partial charge < -0.3 is 9.47 Å². The maximum Gasteiger partial charge on any atom is 0.123 e. The Hall–Kier alpha value is -1.67. The highest BCUT2D eigenvalue weighted by molar-refractivity contribution is 6.21. The number of hydrogen-bond donors (Lipinski definition) is 0. The van der Waals surface area contributed by atoms with Crippen LogP contribution in [0.3, 0.4) is 0 Å². The van der Waals surface area contributed by atoms with Crippen LogP contribution in [-0.4, -0.2) is 14.2 Å². The average Bonchev–Trinajstić information content (AvgIpc) is 2.53. The zero-order chi connectivity index (χ0) is 15.2. The number of aryl methyl sites for hydroxylation is 2. The van der Waals surface area contributed by atoms with Gasteiger partial charge >= 0.3 is 0 Å². The molecule has 0 saturated carbocycles. The van der Waals surface area contributed by atoms with E-state index < -0.39 is 0 Å². The van der Waals surface area contributed by atoms with E-state index in [4.69, 9.17) is 21.1 Å². The second kappa shape index (κ2) is 7.37. The lowest BCUT2D eigenvalue weighted by Gasteiger charge is -2.15. The molecule has 21 heavy (non-hydrogen) atoms. The molecule has 0 N–H and O–H groups in total. The van der Waals surface area contributed by atoms with Gasteiger partial charge in [0, 0.05) is 5.56 Å². The Bertz CT molecular complexity index is 578. The summed E-state index contributed by atoms with van der Waals surface area (Å²) in [6.07, 6.45) is 1.79. The topological polar surface area (TPSA) is 18.5 Å². The normalized spacial score (nSPS) is 12.0. The van der Waals surface area contributed by atoms with Crippen molar-refractivity contribution in [1.29, 1.82) is 0 Å². The molecule has 2 aromatic carbocycles. The number of methoxy groups -OCH3 is 2. The summed E-state index contributed by atoms with van der Waals surface area (Å²) < 4.78 is 10.6. The first-order valence-electron chi connectivity index (χ1n) is 7.05. The summed E-state index contributed by atoms with van der Waals surface area (Å²) in [7, 11) is 3.36. The van der Waals surface area contributed by atoms with Crippen molar-refractivity contribution in [2.24, 2.45) is 0 Å². The maximum absolute atomic E-state index is 6.57. The summed E-state index contributed by atoms with van der Waals surface area (Å²) in [5.41, 5.74) is 3.52. The predicted molar refractivity (Wildman–Crippen MR) is 87.6 cm³/mol. The minimum Gasteiger partial charge on any atom is -0.497 e. The van der Waals surface area contributed by atoms with Crippen molar-refractivity contribution < 1.29 is 9.47 Å². The van der Waals surface area contributed by atoms with E-state index in [2.05, 4.69) is 25.1 Å². The molecule has 0 heterocycles. The van der Waals surface area contributed by atoms with Gasteiger partial charge in [0.25, 0.3) is 0 Å². The highest BCUT2D eigenvalue weighted by Crippen LogP contribution is 2.33. The van der Waals surface area contributed by atoms with Gasteiger partial charge in [0.15, 0.2) is 0 Å². The summed E-state index contributed by atoms with van der Waals surface area (Å²) >= 11 is 6.57. The molecule has 0 aliphatic carbocycles. The van der Waals surface area contributed by atoms with E-state index in [0.717, 1.165) is 29.9 Å². The van der Waals surface area contributed by atoms with Crippen LogP contribution in [-0.2, 0) is 6.42 Å². The predicted octanol–water partition coefficient (Wildman–Crippen LogP) is 4.92. The Balaban J connectivity index is 2.03. The highest BCUT2D eigenvalue weighted by atomic mass is 35.5. The van der Waals surface area contributed by atoms with Gasteiger partial charge in [0.1, 0.15) is 11.5 Å². The summed E-state index contributed by atoms with van der Waals surface area (Å²) in [5.74, 6) is 1.73. The van der Waals surface area contributed by atoms with Gasteiger partial charge in [-0.25, -0.2) is 0 Å². The van der Waals surface area contributed by atoms with Gasteiger partial charge in [-0.15, -0.1) is 11.6 Å². The molecule has 0 bridgehead atoms. The third-order valence-corrected chi connectivity index (χ3v) is 4.02. The lowest BCUT2D eigenvalue weighted by molar-refractivity contribution is 0.408. The van der Waals surface area contributed by atoms with E-state index in [1.807, 2.05) is 24.3 Å². The van der Waals surface area contributed by atoms with Gasteiger partial charge in [-0.2, -0.15) is 0 Å². The molecule has 0 aromatic heterocycles. The smallest absolute Gasteiger partial charge is 0.123 e. The number of benzene rings is 2. The average molecular weight is 305 g/mol. The van der Waals surface area contributed by atoms with E-state index in [0.29, 0.717) is 0 Å². The zero-order valence-corrected chi connectivity index (χ0v) is 13.5. The molecule has 0 radical (unpaired) electrons. The molecule has 0 aliphatic rings. The van der Waals surface area contributed by atoms with Gasteiger partial charge in [-0.3, -0.25) is 0 Å². The fourth-order valence-electron chi connectivity index (χ4n) is 2.34. The van der Waals surface area contributed by atoms with E-state index in [1.54, 1.807) is 14.2 Å². The molecule has 2 aromatic rings. The lowest BCUT2D eigenvalue weighted by atomic mass is 10.0. The van der Waals surface area contributed by atoms with E-state index in [-0.39, 0.29) is 5.38 Å². The van der Waals surface area contributed by atoms with Crippen LogP contribution in [0.2, 0.25) is 0 Å². The van der Waals surface area contributed by atoms with Crippen molar-refractivity contribution in [1.82, 2.24) is 0 Å². The van der Waals surface area contributed by atoms with Crippen LogP contribution < -0.4 is 9.47 Å². The van der Waals surface area contributed by atoms with Gasteiger partial charge in [0.2, 0.25) is 0 Å². The summed E-state index contributed by atoms with van der Waals surface area (Å²) in [5, 5.41) is -0.0537. The van der Waals surface area contributed by atoms with E-state index in [9.17, 15) is 0 Å². The van der Waals surface area contributed by atoms with Crippen molar-refractivity contribution in [3.8, 4) is 11.5 Å². The summed E-state index contributed by atoms with van der Waals surface area (Å²) in [6.45, 7) is 2.07. The van der Waals surface area contributed by atoms with Crippen molar-refractivity contribution >= 4 is 11.6 Å². The largest absolute Gasteiger partial charge is 0.497 e. The fraction of sp³-hybridized carbons (Fsp3) is 0.333. The Morgan fingerprint density at radius 3 is 2.33 bits per heavy atom. The van der Waals surface area contributed by atoms with Crippen molar-refractivity contribution in [2.45, 2.75) is 25.1 Å². The SMILES string of the molecule is COc1ccc(CCC(Cl)c2cc(C)ccc2OC)cc1. The minimum absolute atomic E-state index is 0.0537. The number of halogens is 1. The molecular weight excluding hydrogens is 284 g/mol. The minimum atomic E-state index is -0.0537. The van der Waals surface area contributed by atoms with Crippen molar-refractivity contribution in [3.05, 3.63) is 59.2 Å². The Morgan fingerprint density at radius 1 is 1.00 bits per heavy atom. The van der Waals surface area contributed by atoms with E-state index >= 15 is 0 Å². The van der Waals surface area contributed by atoms with Gasteiger partial charge in [-0.05, 0) is 43.5 Å². The molecule has 0 spiro atoms. The van der Waals surface area contributed by atoms with Crippen LogP contribution in [0.1, 0.15) is 28.5 Å². The van der Waals surface area contributed by atoms with Crippen molar-refractivity contribution in [2.75, 3.05) is 14.2 Å². The van der Waals surface area contributed by atoms with Gasteiger partial charge in [0.05, 0.1) is 19.6 Å². The lowest BCUT2D eigenvalue weighted by Crippen LogP contribution is -1.98. The molecule has 0 saturated heterocycles. The second-order valence-corrected chi connectivity index (χ2v) is 5.63. The van der Waals surface area contributed by atoms with Gasteiger partial charge in [-0.1, -0.05) is 29.8 Å². The zero-order valence-electron chi connectivity index (χ0n) is 12.7. The number of hydrogen-bond acceptors (Lipinski definition) is 2. The van der Waals surface area contributed by atoms with Crippen molar-refractivity contribution in [3.63, 3.8) is 0 Å². The monoisotopic (exact) mass is 304 g/mol. The van der Waals surface area contributed by atoms with Crippen LogP contribution in [0.5, 0.6) is 11.5 Å². The maximum atomic E-state index is 6.57. The molecule has 2 rings (SSSR count). The quantitative estimate of drug-likeness (QED) is 0.705. The molecule has 0 aliphatic heterocycles. The fourth-order valence-corrected chi connectivity index (χ4v) is 2.62. The summed E-state index contributed by atoms with van der Waals surface area (Å²) in [4.78, 5) is 0. The Labute approximate surface area is 131 Å². The number of ether oxygens (including phenoxy) is 2. The third kappa shape index (κ3) is 4.15. The number of rotatable bonds is 6. The molecule has 0 amide bonds. The van der Waals surface area contributed by atoms with Crippen LogP contribution in [0, 0.1) is 6.92 Å². The first-order chi connectivity index (χ1) is 10.1. The number of alkyl halides is 1. The molecule has 1 atom stereocenters. The second-order valence-electron chi connectivity index (χ2n) is 5.10. The third-order valence-electron chi connectivity index (χ3n) is 3.57. The standard InChI is InChI=1S/C18H21ClO2/c1-13-4-11-18(21-3)16(12-13)17(19)10-7-14-5-8-15(20-2)9-6-14/h4-6,8-9,11-12,17H,7,10H2,1-3H3. The van der Waals surface area contributed by atoms with E-state index in [1.165, 1.54) is 11.1 Å². The Kier molecular flexibility index (Phi) is 5.51. The molecule has 112 valence electrons.